The molecule has 4 rings (SSSR count). The van der Waals surface area contributed by atoms with Gasteiger partial charge in [-0.3, -0.25) is 0 Å². The monoisotopic (exact) mass is 500 g/mol. The van der Waals surface area contributed by atoms with E-state index in [4.69, 9.17) is 0 Å². The first-order valence-electron chi connectivity index (χ1n) is 9.72. The van der Waals surface area contributed by atoms with E-state index in [9.17, 15) is 13.2 Å². The summed E-state index contributed by atoms with van der Waals surface area (Å²) in [6.07, 6.45) is -3.91. The van der Waals surface area contributed by atoms with Crippen LogP contribution in [0, 0.1) is 0 Å². The van der Waals surface area contributed by atoms with Crippen molar-refractivity contribution in [3.05, 3.63) is 126 Å². The maximum Gasteiger partial charge on any atom is 0.420 e. The molecule has 31 heavy (non-hydrogen) atoms. The minimum Gasteiger partial charge on any atom is -1.00 e. The van der Waals surface area contributed by atoms with E-state index in [0.29, 0.717) is 11.5 Å². The molecule has 0 fully saturated rings. The molecule has 158 valence electrons. The van der Waals surface area contributed by atoms with Crippen molar-refractivity contribution in [1.29, 1.82) is 0 Å². The van der Waals surface area contributed by atoms with Gasteiger partial charge < -0.3 is 17.0 Å². The molecular weight excluding hydrogens is 480 g/mol. The van der Waals surface area contributed by atoms with Crippen LogP contribution in [0.5, 0.6) is 0 Å². The molecule has 0 aliphatic carbocycles. The summed E-state index contributed by atoms with van der Waals surface area (Å²) in [5.41, 5.74) is 0.470. The Morgan fingerprint density at radius 3 is 1.45 bits per heavy atom. The van der Waals surface area contributed by atoms with Gasteiger partial charge in [0.25, 0.3) is 0 Å². The van der Waals surface area contributed by atoms with Crippen LogP contribution in [0.1, 0.15) is 11.1 Å². The van der Waals surface area contributed by atoms with Crippen LogP contribution in [0.3, 0.4) is 0 Å². The molecule has 0 unspecified atom stereocenters. The molecule has 0 aromatic heterocycles. The van der Waals surface area contributed by atoms with Gasteiger partial charge in [0.05, 0.1) is 11.7 Å². The Morgan fingerprint density at radius 1 is 0.548 bits per heavy atom. The molecule has 0 amide bonds. The molecular formula is C26H21BrF3P. The molecule has 0 aliphatic heterocycles. The lowest BCUT2D eigenvalue weighted by Gasteiger charge is -2.30. The van der Waals surface area contributed by atoms with E-state index >= 15 is 0 Å². The van der Waals surface area contributed by atoms with Gasteiger partial charge in [-0.15, -0.1) is 0 Å². The van der Waals surface area contributed by atoms with Crippen molar-refractivity contribution in [2.75, 3.05) is 0 Å². The van der Waals surface area contributed by atoms with E-state index in [1.807, 2.05) is 91.0 Å². The number of hydrogen-bond donors (Lipinski definition) is 0. The summed E-state index contributed by atoms with van der Waals surface area (Å²) in [6.45, 7) is 0. The lowest BCUT2D eigenvalue weighted by atomic mass is 10.2. The van der Waals surface area contributed by atoms with Crippen molar-refractivity contribution in [2.45, 2.75) is 12.3 Å². The second-order valence-corrected chi connectivity index (χ2v) is 10.6. The highest BCUT2D eigenvalue weighted by Gasteiger charge is 2.50. The Balaban J connectivity index is 0.00000272. The molecule has 0 heterocycles. The highest BCUT2D eigenvalue weighted by Crippen LogP contribution is 2.59. The van der Waals surface area contributed by atoms with E-state index in [1.165, 1.54) is 12.1 Å². The summed E-state index contributed by atoms with van der Waals surface area (Å²) >= 11 is 0. The van der Waals surface area contributed by atoms with Crippen LogP contribution in [0.4, 0.5) is 13.2 Å². The van der Waals surface area contributed by atoms with Gasteiger partial charge in [-0.05, 0) is 42.0 Å². The van der Waals surface area contributed by atoms with Crippen LogP contribution in [0.15, 0.2) is 115 Å². The molecule has 0 N–H and O–H groups in total. The normalized spacial score (nSPS) is 11.6. The molecule has 0 radical (unpaired) electrons. The first kappa shape index (κ1) is 23.2. The topological polar surface area (TPSA) is 0 Å². The smallest absolute Gasteiger partial charge is 0.420 e. The fourth-order valence-corrected chi connectivity index (χ4v) is 8.43. The maximum absolute atomic E-state index is 14.2. The third kappa shape index (κ3) is 4.76. The van der Waals surface area contributed by atoms with Gasteiger partial charge >= 0.3 is 6.18 Å². The summed E-state index contributed by atoms with van der Waals surface area (Å²) in [5.74, 6) is 0. The summed E-state index contributed by atoms with van der Waals surface area (Å²) in [5, 5.41) is 2.26. The third-order valence-electron chi connectivity index (χ3n) is 5.28. The lowest BCUT2D eigenvalue weighted by molar-refractivity contribution is -0.136. The first-order chi connectivity index (χ1) is 14.5. The van der Waals surface area contributed by atoms with Crippen molar-refractivity contribution in [2.24, 2.45) is 0 Å². The Kier molecular flexibility index (Phi) is 7.35. The largest absolute Gasteiger partial charge is 1.00 e. The molecule has 0 atom stereocenters. The second kappa shape index (κ2) is 9.80. The van der Waals surface area contributed by atoms with E-state index in [-0.39, 0.29) is 17.0 Å². The van der Waals surface area contributed by atoms with Gasteiger partial charge in [0, 0.05) is 0 Å². The average molecular weight is 501 g/mol. The Bertz CT molecular complexity index is 1060. The van der Waals surface area contributed by atoms with Crippen LogP contribution in [0.2, 0.25) is 0 Å². The summed E-state index contributed by atoms with van der Waals surface area (Å²) in [7, 11) is -2.63. The number of rotatable bonds is 5. The van der Waals surface area contributed by atoms with E-state index in [2.05, 4.69) is 0 Å². The highest BCUT2D eigenvalue weighted by molar-refractivity contribution is 7.95. The predicted molar refractivity (Wildman–Crippen MR) is 120 cm³/mol. The van der Waals surface area contributed by atoms with E-state index < -0.39 is 19.0 Å². The summed E-state index contributed by atoms with van der Waals surface area (Å²) in [4.78, 5) is 0. The molecule has 0 aliphatic rings. The standard InChI is InChI=1S/C26H21F3P.BrH/c27-26(28,29)24-18-10-11-19-25(24)30(22-14-6-2-7-15-22,23-16-8-3-9-17-23)20-21-12-4-1-5-13-21;/h1-19H,20H2;1H/q+1;/p-1. The molecule has 0 saturated carbocycles. The average Bonchev–Trinajstić information content (AvgIpc) is 2.79. The zero-order chi connectivity index (χ0) is 21.0. The fourth-order valence-electron chi connectivity index (χ4n) is 3.96. The first-order valence-corrected chi connectivity index (χ1v) is 11.7. The minimum absolute atomic E-state index is 0. The molecule has 5 heteroatoms. The lowest BCUT2D eigenvalue weighted by Crippen LogP contribution is -3.00. The van der Waals surface area contributed by atoms with Gasteiger partial charge in [0.2, 0.25) is 0 Å². The minimum atomic E-state index is -4.43. The molecule has 0 nitrogen and oxygen atoms in total. The van der Waals surface area contributed by atoms with Crippen molar-refractivity contribution in [1.82, 2.24) is 0 Å². The van der Waals surface area contributed by atoms with Crippen LogP contribution in [-0.4, -0.2) is 0 Å². The SMILES string of the molecule is FC(F)(F)c1ccccc1[P+](Cc1ccccc1)(c1ccccc1)c1ccccc1.[Br-]. The summed E-state index contributed by atoms with van der Waals surface area (Å²) < 4.78 is 42.5. The second-order valence-electron chi connectivity index (χ2n) is 7.14. The molecule has 0 spiro atoms. The quantitative estimate of drug-likeness (QED) is 0.369. The molecule has 0 saturated heterocycles. The predicted octanol–water partition coefficient (Wildman–Crippen LogP) is 3.20. The van der Waals surface area contributed by atoms with Crippen LogP contribution < -0.4 is 32.9 Å². The van der Waals surface area contributed by atoms with Crippen molar-refractivity contribution in [3.63, 3.8) is 0 Å². The molecule has 4 aromatic rings. The third-order valence-corrected chi connectivity index (χ3v) is 9.69. The Morgan fingerprint density at radius 2 is 0.968 bits per heavy atom. The summed E-state index contributed by atoms with van der Waals surface area (Å²) in [6, 6.07) is 35.2. The van der Waals surface area contributed by atoms with Crippen LogP contribution in [-0.2, 0) is 12.3 Å². The Hall–Kier alpha value is -2.42. The van der Waals surface area contributed by atoms with Gasteiger partial charge in [-0.2, -0.15) is 13.2 Å². The molecule has 4 aromatic carbocycles. The maximum atomic E-state index is 14.2. The number of halogens is 4. The van der Waals surface area contributed by atoms with Crippen molar-refractivity contribution < 1.29 is 30.2 Å². The highest BCUT2D eigenvalue weighted by atomic mass is 79.9. The van der Waals surface area contributed by atoms with Gasteiger partial charge in [0.15, 0.2) is 0 Å². The number of hydrogen-bond acceptors (Lipinski definition) is 0. The van der Waals surface area contributed by atoms with Gasteiger partial charge in [-0.1, -0.05) is 78.9 Å². The van der Waals surface area contributed by atoms with Crippen LogP contribution in [0.25, 0.3) is 0 Å². The van der Waals surface area contributed by atoms with Crippen molar-refractivity contribution >= 4 is 23.2 Å². The van der Waals surface area contributed by atoms with Gasteiger partial charge in [0.1, 0.15) is 23.2 Å². The van der Waals surface area contributed by atoms with Gasteiger partial charge in [-0.25, -0.2) is 0 Å². The van der Waals surface area contributed by atoms with Crippen molar-refractivity contribution in [3.8, 4) is 0 Å². The van der Waals surface area contributed by atoms with E-state index in [0.717, 1.165) is 16.2 Å². The fraction of sp³-hybridized carbons (Fsp3) is 0.0769. The zero-order valence-corrected chi connectivity index (χ0v) is 19.1. The van der Waals surface area contributed by atoms with E-state index in [1.54, 1.807) is 12.1 Å². The molecule has 0 bridgehead atoms. The van der Waals surface area contributed by atoms with Crippen LogP contribution >= 0.6 is 7.26 Å². The number of alkyl halides is 3. The number of benzene rings is 4. The zero-order valence-electron chi connectivity index (χ0n) is 16.6. The Labute approximate surface area is 191 Å².